The molecule has 0 aliphatic rings. The third-order valence-electron chi connectivity index (χ3n) is 4.01. The molecule has 0 unspecified atom stereocenters. The van der Waals surface area contributed by atoms with E-state index in [1.54, 1.807) is 0 Å². The van der Waals surface area contributed by atoms with Crippen LogP contribution in [0.25, 0.3) is 11.3 Å². The Labute approximate surface area is 134 Å². The fourth-order valence-corrected chi connectivity index (χ4v) is 2.81. The van der Waals surface area contributed by atoms with Gasteiger partial charge in [-0.2, -0.15) is 5.10 Å². The third-order valence-corrected chi connectivity index (χ3v) is 4.01. The van der Waals surface area contributed by atoms with Crippen LogP contribution in [0.2, 0.25) is 0 Å². The summed E-state index contributed by atoms with van der Waals surface area (Å²) in [5.41, 5.74) is 4.91. The minimum atomic E-state index is -0.122. The number of hydrogen-bond acceptors (Lipinski definition) is 2. The summed E-state index contributed by atoms with van der Waals surface area (Å²) in [4.78, 5) is 0. The van der Waals surface area contributed by atoms with Crippen LogP contribution in [0.3, 0.4) is 0 Å². The zero-order valence-corrected chi connectivity index (χ0v) is 15.1. The van der Waals surface area contributed by atoms with Crippen LogP contribution in [0.4, 0.5) is 0 Å². The molecule has 0 aliphatic carbocycles. The van der Waals surface area contributed by atoms with E-state index < -0.39 is 0 Å². The Morgan fingerprint density at radius 3 is 1.73 bits per heavy atom. The van der Waals surface area contributed by atoms with E-state index in [2.05, 4.69) is 65.7 Å². The summed E-state index contributed by atoms with van der Waals surface area (Å²) in [5.74, 6) is 0.414. The van der Waals surface area contributed by atoms with Gasteiger partial charge in [0, 0.05) is 29.9 Å². The van der Waals surface area contributed by atoms with Gasteiger partial charge in [0.25, 0.3) is 0 Å². The number of phenols is 1. The van der Waals surface area contributed by atoms with Crippen molar-refractivity contribution in [1.82, 2.24) is 9.78 Å². The molecule has 1 heterocycles. The number of aromatic nitrogens is 2. The van der Waals surface area contributed by atoms with E-state index in [9.17, 15) is 5.11 Å². The Kier molecular flexibility index (Phi) is 3.88. The maximum absolute atomic E-state index is 10.8. The normalized spacial score (nSPS) is 12.7. The summed E-state index contributed by atoms with van der Waals surface area (Å²) >= 11 is 0. The average Bonchev–Trinajstić information content (AvgIpc) is 2.65. The van der Waals surface area contributed by atoms with Crippen molar-refractivity contribution in [2.24, 2.45) is 7.05 Å². The van der Waals surface area contributed by atoms with Crippen LogP contribution in [-0.2, 0) is 17.9 Å². The van der Waals surface area contributed by atoms with Crippen LogP contribution in [-0.4, -0.2) is 14.9 Å². The van der Waals surface area contributed by atoms with E-state index >= 15 is 0 Å². The van der Waals surface area contributed by atoms with E-state index in [4.69, 9.17) is 0 Å². The lowest BCUT2D eigenvalue weighted by atomic mass is 9.78. The molecular formula is C19H28N2O. The molecule has 0 saturated carbocycles. The van der Waals surface area contributed by atoms with E-state index in [0.29, 0.717) is 5.75 Å². The Bertz CT molecular complexity index is 662. The van der Waals surface area contributed by atoms with E-state index in [-0.39, 0.29) is 10.8 Å². The van der Waals surface area contributed by atoms with Crippen molar-refractivity contribution in [2.45, 2.75) is 59.3 Å². The zero-order valence-electron chi connectivity index (χ0n) is 15.1. The third kappa shape index (κ3) is 3.03. The highest BCUT2D eigenvalue weighted by Crippen LogP contribution is 2.42. The lowest BCUT2D eigenvalue weighted by Crippen LogP contribution is -2.17. The van der Waals surface area contributed by atoms with Gasteiger partial charge < -0.3 is 5.11 Å². The van der Waals surface area contributed by atoms with Crippen LogP contribution in [0, 0.1) is 6.92 Å². The number of phenolic OH excluding ortho intramolecular Hbond substituents is 1. The monoisotopic (exact) mass is 300 g/mol. The lowest BCUT2D eigenvalue weighted by Gasteiger charge is -2.28. The molecule has 0 bridgehead atoms. The molecule has 0 saturated heterocycles. The summed E-state index contributed by atoms with van der Waals surface area (Å²) in [7, 11) is 1.94. The second kappa shape index (κ2) is 5.15. The van der Waals surface area contributed by atoms with Crippen LogP contribution in [0.15, 0.2) is 18.3 Å². The molecule has 0 aliphatic heterocycles. The Balaban J connectivity index is 2.79. The van der Waals surface area contributed by atoms with Crippen LogP contribution in [0.1, 0.15) is 58.2 Å². The molecule has 0 spiro atoms. The molecule has 22 heavy (non-hydrogen) atoms. The maximum atomic E-state index is 10.8. The van der Waals surface area contributed by atoms with Crippen molar-refractivity contribution in [1.29, 1.82) is 0 Å². The minimum Gasteiger partial charge on any atom is -0.507 e. The first kappa shape index (κ1) is 16.6. The highest BCUT2D eigenvalue weighted by molar-refractivity contribution is 5.68. The summed E-state index contributed by atoms with van der Waals surface area (Å²) < 4.78 is 1.84. The summed E-state index contributed by atoms with van der Waals surface area (Å²) in [6, 6.07) is 4.17. The van der Waals surface area contributed by atoms with Crippen LogP contribution < -0.4 is 0 Å². The Hall–Kier alpha value is -1.77. The summed E-state index contributed by atoms with van der Waals surface area (Å²) in [6.45, 7) is 14.8. The van der Waals surface area contributed by atoms with E-state index in [1.165, 1.54) is 0 Å². The van der Waals surface area contributed by atoms with Gasteiger partial charge in [-0.1, -0.05) is 41.5 Å². The van der Waals surface area contributed by atoms with E-state index in [0.717, 1.165) is 27.9 Å². The predicted octanol–water partition coefficient (Wildman–Crippen LogP) is 4.70. The van der Waals surface area contributed by atoms with Crippen molar-refractivity contribution >= 4 is 0 Å². The van der Waals surface area contributed by atoms with Crippen molar-refractivity contribution in [3.05, 3.63) is 35.0 Å². The highest BCUT2D eigenvalue weighted by atomic mass is 16.3. The number of rotatable bonds is 1. The van der Waals surface area contributed by atoms with Gasteiger partial charge in [-0.05, 0) is 35.4 Å². The smallest absolute Gasteiger partial charge is 0.123 e. The van der Waals surface area contributed by atoms with Crippen molar-refractivity contribution in [3.63, 3.8) is 0 Å². The summed E-state index contributed by atoms with van der Waals surface area (Å²) in [5, 5.41) is 15.4. The van der Waals surface area contributed by atoms with Crippen LogP contribution in [0.5, 0.6) is 5.75 Å². The summed E-state index contributed by atoms with van der Waals surface area (Å²) in [6.07, 6.45) is 2.02. The average molecular weight is 300 g/mol. The molecule has 0 radical (unpaired) electrons. The standard InChI is InChI=1S/C19H28N2O/c1-12-11-21(8)20-16(12)13-9-14(18(2,3)4)17(22)15(10-13)19(5,6)7/h9-11,22H,1-8H3. The van der Waals surface area contributed by atoms with Crippen LogP contribution >= 0.6 is 0 Å². The molecule has 0 amide bonds. The topological polar surface area (TPSA) is 38.0 Å². The van der Waals surface area contributed by atoms with Gasteiger partial charge >= 0.3 is 0 Å². The Morgan fingerprint density at radius 1 is 0.955 bits per heavy atom. The Morgan fingerprint density at radius 2 is 1.41 bits per heavy atom. The molecule has 0 fully saturated rings. The molecule has 1 aromatic heterocycles. The number of benzene rings is 1. The van der Waals surface area contributed by atoms with Crippen molar-refractivity contribution in [2.75, 3.05) is 0 Å². The molecule has 2 aromatic rings. The van der Waals surface area contributed by atoms with E-state index in [1.807, 2.05) is 17.9 Å². The second-order valence-corrected chi connectivity index (χ2v) is 8.25. The number of aryl methyl sites for hydroxylation is 2. The largest absolute Gasteiger partial charge is 0.507 e. The first-order valence-electron chi connectivity index (χ1n) is 7.80. The molecule has 1 N–H and O–H groups in total. The quantitative estimate of drug-likeness (QED) is 0.829. The molecule has 1 aromatic carbocycles. The lowest BCUT2D eigenvalue weighted by molar-refractivity contribution is 0.423. The fourth-order valence-electron chi connectivity index (χ4n) is 2.81. The number of nitrogens with zero attached hydrogens (tertiary/aromatic N) is 2. The van der Waals surface area contributed by atoms with Gasteiger partial charge in [0.1, 0.15) is 5.75 Å². The molecule has 2 rings (SSSR count). The number of aromatic hydroxyl groups is 1. The van der Waals surface area contributed by atoms with Gasteiger partial charge in [0.05, 0.1) is 5.69 Å². The van der Waals surface area contributed by atoms with Gasteiger partial charge in [0.2, 0.25) is 0 Å². The molecule has 0 atom stereocenters. The van der Waals surface area contributed by atoms with Gasteiger partial charge in [-0.3, -0.25) is 4.68 Å². The first-order valence-corrected chi connectivity index (χ1v) is 7.80. The molecule has 3 nitrogen and oxygen atoms in total. The van der Waals surface area contributed by atoms with Crippen molar-refractivity contribution < 1.29 is 5.11 Å². The number of hydrogen-bond donors (Lipinski definition) is 1. The molecule has 3 heteroatoms. The van der Waals surface area contributed by atoms with Gasteiger partial charge in [0.15, 0.2) is 0 Å². The minimum absolute atomic E-state index is 0.122. The predicted molar refractivity (Wildman–Crippen MR) is 92.4 cm³/mol. The fraction of sp³-hybridized carbons (Fsp3) is 0.526. The van der Waals surface area contributed by atoms with Crippen molar-refractivity contribution in [3.8, 4) is 17.0 Å². The zero-order chi connectivity index (χ0) is 16.9. The first-order chi connectivity index (χ1) is 9.91. The molecular weight excluding hydrogens is 272 g/mol. The SMILES string of the molecule is Cc1cn(C)nc1-c1cc(C(C)(C)C)c(O)c(C(C)(C)C)c1. The molecule has 120 valence electrons. The highest BCUT2D eigenvalue weighted by Gasteiger charge is 2.27. The second-order valence-electron chi connectivity index (χ2n) is 8.25. The van der Waals surface area contributed by atoms with Gasteiger partial charge in [-0.25, -0.2) is 0 Å². The maximum Gasteiger partial charge on any atom is 0.123 e. The van der Waals surface area contributed by atoms with Gasteiger partial charge in [-0.15, -0.1) is 0 Å².